The minimum absolute atomic E-state index is 0. The predicted molar refractivity (Wildman–Crippen MR) is 50.6 cm³/mol. The SMILES string of the molecule is CCNC(C)c1ccccc1.[HH]. The van der Waals surface area contributed by atoms with E-state index in [9.17, 15) is 0 Å². The lowest BCUT2D eigenvalue weighted by atomic mass is 10.1. The lowest BCUT2D eigenvalue weighted by Gasteiger charge is -2.11. The highest BCUT2D eigenvalue weighted by Crippen LogP contribution is 2.09. The molecule has 0 bridgehead atoms. The second kappa shape index (κ2) is 4.14. The molecular formula is C10H17N. The summed E-state index contributed by atoms with van der Waals surface area (Å²) >= 11 is 0. The molecule has 1 aromatic rings. The highest BCUT2D eigenvalue weighted by Gasteiger charge is 1.99. The summed E-state index contributed by atoms with van der Waals surface area (Å²) in [6.07, 6.45) is 0. The van der Waals surface area contributed by atoms with E-state index < -0.39 is 0 Å². The van der Waals surface area contributed by atoms with Crippen LogP contribution in [0, 0.1) is 0 Å². The summed E-state index contributed by atoms with van der Waals surface area (Å²) in [4.78, 5) is 0. The lowest BCUT2D eigenvalue weighted by molar-refractivity contribution is 0.598. The van der Waals surface area contributed by atoms with Crippen molar-refractivity contribution in [3.8, 4) is 0 Å². The smallest absolute Gasteiger partial charge is 0.0291 e. The fourth-order valence-electron chi connectivity index (χ4n) is 1.17. The van der Waals surface area contributed by atoms with Gasteiger partial charge in [0.15, 0.2) is 0 Å². The molecule has 1 heteroatoms. The minimum Gasteiger partial charge on any atom is -0.310 e. The van der Waals surface area contributed by atoms with Gasteiger partial charge in [0, 0.05) is 7.47 Å². The Labute approximate surface area is 69.9 Å². The van der Waals surface area contributed by atoms with E-state index in [0.29, 0.717) is 6.04 Å². The van der Waals surface area contributed by atoms with Gasteiger partial charge in [-0.05, 0) is 19.0 Å². The Kier molecular flexibility index (Phi) is 3.12. The zero-order valence-electron chi connectivity index (χ0n) is 7.17. The molecule has 1 atom stereocenters. The number of benzene rings is 1. The normalized spacial score (nSPS) is 12.9. The monoisotopic (exact) mass is 151 g/mol. The van der Waals surface area contributed by atoms with Gasteiger partial charge in [-0.15, -0.1) is 0 Å². The molecule has 0 radical (unpaired) electrons. The standard InChI is InChI=1S/C10H15N.H2/c1-3-11-9(2)10-7-5-4-6-8-10;/h4-9,11H,3H2,1-2H3;1H. The van der Waals surface area contributed by atoms with E-state index in [1.807, 2.05) is 6.07 Å². The Balaban J connectivity index is 0.00000121. The molecular weight excluding hydrogens is 134 g/mol. The van der Waals surface area contributed by atoms with Crippen molar-refractivity contribution in [1.82, 2.24) is 5.32 Å². The molecule has 62 valence electrons. The molecule has 0 saturated heterocycles. The number of hydrogen-bond acceptors (Lipinski definition) is 1. The van der Waals surface area contributed by atoms with Crippen LogP contribution in [0.3, 0.4) is 0 Å². The van der Waals surface area contributed by atoms with E-state index >= 15 is 0 Å². The third-order valence-electron chi connectivity index (χ3n) is 1.81. The van der Waals surface area contributed by atoms with Crippen LogP contribution in [0.5, 0.6) is 0 Å². The van der Waals surface area contributed by atoms with E-state index in [2.05, 4.69) is 43.4 Å². The Bertz CT molecular complexity index is 198. The van der Waals surface area contributed by atoms with Crippen molar-refractivity contribution >= 4 is 0 Å². The van der Waals surface area contributed by atoms with Gasteiger partial charge in [-0.3, -0.25) is 0 Å². The van der Waals surface area contributed by atoms with Crippen molar-refractivity contribution in [3.63, 3.8) is 0 Å². The predicted octanol–water partition coefficient (Wildman–Crippen LogP) is 2.60. The number of rotatable bonds is 3. The second-order valence-electron chi connectivity index (χ2n) is 2.69. The van der Waals surface area contributed by atoms with Gasteiger partial charge in [-0.2, -0.15) is 0 Å². The van der Waals surface area contributed by atoms with Crippen LogP contribution in [0.25, 0.3) is 0 Å². The molecule has 0 aromatic heterocycles. The summed E-state index contributed by atoms with van der Waals surface area (Å²) in [5, 5.41) is 3.36. The molecule has 1 rings (SSSR count). The number of nitrogens with one attached hydrogen (secondary N) is 1. The van der Waals surface area contributed by atoms with Gasteiger partial charge in [-0.25, -0.2) is 0 Å². The molecule has 0 fully saturated rings. The molecule has 1 aromatic carbocycles. The van der Waals surface area contributed by atoms with Crippen LogP contribution in [0.2, 0.25) is 0 Å². The first-order valence-corrected chi connectivity index (χ1v) is 4.13. The Morgan fingerprint density at radius 2 is 2.00 bits per heavy atom. The molecule has 0 aliphatic rings. The maximum Gasteiger partial charge on any atom is 0.0291 e. The Morgan fingerprint density at radius 1 is 1.36 bits per heavy atom. The van der Waals surface area contributed by atoms with E-state index in [1.165, 1.54) is 5.56 Å². The summed E-state index contributed by atoms with van der Waals surface area (Å²) in [7, 11) is 0. The summed E-state index contributed by atoms with van der Waals surface area (Å²) < 4.78 is 0. The molecule has 0 heterocycles. The minimum atomic E-state index is 0. The molecule has 0 amide bonds. The zero-order valence-corrected chi connectivity index (χ0v) is 7.17. The first-order chi connectivity index (χ1) is 5.34. The fraction of sp³-hybridized carbons (Fsp3) is 0.400. The average Bonchev–Trinajstić information content (AvgIpc) is 2.07. The number of hydrogen-bond donors (Lipinski definition) is 1. The van der Waals surface area contributed by atoms with Crippen LogP contribution in [0.15, 0.2) is 30.3 Å². The molecule has 1 nitrogen and oxygen atoms in total. The molecule has 1 unspecified atom stereocenters. The van der Waals surface area contributed by atoms with Crippen molar-refractivity contribution in [2.24, 2.45) is 0 Å². The maximum atomic E-state index is 3.36. The third kappa shape index (κ3) is 2.35. The summed E-state index contributed by atoms with van der Waals surface area (Å²) in [5.74, 6) is 0. The van der Waals surface area contributed by atoms with Crippen molar-refractivity contribution in [1.29, 1.82) is 0 Å². The Hall–Kier alpha value is -0.820. The van der Waals surface area contributed by atoms with E-state index in [0.717, 1.165) is 6.54 Å². The summed E-state index contributed by atoms with van der Waals surface area (Å²) in [6, 6.07) is 11.0. The van der Waals surface area contributed by atoms with Gasteiger partial charge in [0.1, 0.15) is 0 Å². The van der Waals surface area contributed by atoms with Gasteiger partial charge in [-0.1, -0.05) is 37.3 Å². The molecule has 0 aliphatic carbocycles. The zero-order chi connectivity index (χ0) is 8.10. The maximum absolute atomic E-state index is 3.36. The fourth-order valence-corrected chi connectivity index (χ4v) is 1.17. The van der Waals surface area contributed by atoms with Crippen LogP contribution >= 0.6 is 0 Å². The van der Waals surface area contributed by atoms with Crippen molar-refractivity contribution < 1.29 is 1.43 Å². The molecule has 1 N–H and O–H groups in total. The van der Waals surface area contributed by atoms with Gasteiger partial charge in [0.05, 0.1) is 0 Å². The largest absolute Gasteiger partial charge is 0.310 e. The third-order valence-corrected chi connectivity index (χ3v) is 1.81. The first kappa shape index (κ1) is 8.28. The van der Waals surface area contributed by atoms with Gasteiger partial charge in [0.25, 0.3) is 0 Å². The van der Waals surface area contributed by atoms with Crippen molar-refractivity contribution in [2.75, 3.05) is 6.54 Å². The summed E-state index contributed by atoms with van der Waals surface area (Å²) in [5.41, 5.74) is 1.36. The second-order valence-corrected chi connectivity index (χ2v) is 2.69. The Morgan fingerprint density at radius 3 is 2.55 bits per heavy atom. The molecule has 0 spiro atoms. The highest BCUT2D eigenvalue weighted by molar-refractivity contribution is 5.17. The van der Waals surface area contributed by atoms with Crippen LogP contribution in [0.4, 0.5) is 0 Å². The first-order valence-electron chi connectivity index (χ1n) is 4.13. The molecule has 11 heavy (non-hydrogen) atoms. The average molecular weight is 151 g/mol. The van der Waals surface area contributed by atoms with E-state index in [1.54, 1.807) is 0 Å². The van der Waals surface area contributed by atoms with Crippen LogP contribution < -0.4 is 5.32 Å². The quantitative estimate of drug-likeness (QED) is 0.700. The molecule has 0 saturated carbocycles. The van der Waals surface area contributed by atoms with E-state index in [4.69, 9.17) is 0 Å². The van der Waals surface area contributed by atoms with E-state index in [-0.39, 0.29) is 1.43 Å². The van der Waals surface area contributed by atoms with Crippen LogP contribution in [0.1, 0.15) is 26.9 Å². The van der Waals surface area contributed by atoms with Crippen LogP contribution in [-0.2, 0) is 0 Å². The van der Waals surface area contributed by atoms with Crippen molar-refractivity contribution in [2.45, 2.75) is 19.9 Å². The molecule has 0 aliphatic heterocycles. The topological polar surface area (TPSA) is 12.0 Å². The van der Waals surface area contributed by atoms with Crippen molar-refractivity contribution in [3.05, 3.63) is 35.9 Å². The van der Waals surface area contributed by atoms with Gasteiger partial charge >= 0.3 is 0 Å². The van der Waals surface area contributed by atoms with Crippen LogP contribution in [-0.4, -0.2) is 6.54 Å². The van der Waals surface area contributed by atoms with Gasteiger partial charge < -0.3 is 5.32 Å². The summed E-state index contributed by atoms with van der Waals surface area (Å²) in [6.45, 7) is 5.33. The van der Waals surface area contributed by atoms with Gasteiger partial charge in [0.2, 0.25) is 0 Å². The lowest BCUT2D eigenvalue weighted by Crippen LogP contribution is -2.17. The highest BCUT2D eigenvalue weighted by atomic mass is 14.9.